The molecule has 0 N–H and O–H groups in total. The molecule has 1 aliphatic heterocycles. The number of ether oxygens (including phenoxy) is 1. The van der Waals surface area contributed by atoms with Crippen LogP contribution in [0, 0.1) is 12.8 Å². The van der Waals surface area contributed by atoms with Gasteiger partial charge < -0.3 is 9.30 Å². The van der Waals surface area contributed by atoms with Gasteiger partial charge in [0.25, 0.3) is 0 Å². The predicted molar refractivity (Wildman–Crippen MR) is 87.9 cm³/mol. The number of aromatic nitrogens is 2. The zero-order valence-electron chi connectivity index (χ0n) is 13.0. The average molecular weight is 317 g/mol. The third-order valence-electron chi connectivity index (χ3n) is 4.99. The van der Waals surface area contributed by atoms with Crippen LogP contribution in [0.15, 0.2) is 30.9 Å². The van der Waals surface area contributed by atoms with Crippen molar-refractivity contribution in [3.8, 4) is 0 Å². The third kappa shape index (κ3) is 2.85. The maximum absolute atomic E-state index is 6.16. The van der Waals surface area contributed by atoms with Crippen molar-refractivity contribution >= 4 is 11.3 Å². The lowest BCUT2D eigenvalue weighted by atomic mass is 10.0. The highest BCUT2D eigenvalue weighted by Gasteiger charge is 2.42. The molecule has 0 radical (unpaired) electrons. The van der Waals surface area contributed by atoms with Crippen molar-refractivity contribution in [2.75, 3.05) is 13.2 Å². The fraction of sp³-hybridized carbons (Fsp3) is 0.588. The minimum Gasteiger partial charge on any atom is -0.375 e. The molecule has 1 saturated heterocycles. The SMILES string of the molecule is Cc1ccc(CN2CCO[C@@H]3[C@@H](Cn4ccnc4)CC[C@@H]32)s1. The maximum Gasteiger partial charge on any atom is 0.0946 e. The van der Waals surface area contributed by atoms with E-state index in [1.165, 1.54) is 22.6 Å². The first-order valence-electron chi connectivity index (χ1n) is 8.16. The highest BCUT2D eigenvalue weighted by molar-refractivity contribution is 7.11. The van der Waals surface area contributed by atoms with E-state index < -0.39 is 0 Å². The molecule has 1 aliphatic carbocycles. The van der Waals surface area contributed by atoms with Crippen molar-refractivity contribution in [2.45, 2.75) is 45.0 Å². The van der Waals surface area contributed by atoms with Gasteiger partial charge in [-0.1, -0.05) is 0 Å². The molecule has 2 aliphatic rings. The predicted octanol–water partition coefficient (Wildman–Crippen LogP) is 2.93. The Morgan fingerprint density at radius 3 is 3.09 bits per heavy atom. The van der Waals surface area contributed by atoms with Crippen LogP contribution in [0.3, 0.4) is 0 Å². The summed E-state index contributed by atoms with van der Waals surface area (Å²) in [7, 11) is 0. The van der Waals surface area contributed by atoms with E-state index >= 15 is 0 Å². The summed E-state index contributed by atoms with van der Waals surface area (Å²) in [5.74, 6) is 0.618. The van der Waals surface area contributed by atoms with Gasteiger partial charge in [-0.05, 0) is 31.9 Å². The van der Waals surface area contributed by atoms with Crippen LogP contribution in [0.1, 0.15) is 22.6 Å². The van der Waals surface area contributed by atoms with Crippen molar-refractivity contribution < 1.29 is 4.74 Å². The Bertz CT molecular complexity index is 609. The summed E-state index contributed by atoms with van der Waals surface area (Å²) in [6.45, 7) is 6.24. The molecule has 1 saturated carbocycles. The molecule has 4 nitrogen and oxygen atoms in total. The lowest BCUT2D eigenvalue weighted by Crippen LogP contribution is -2.50. The Morgan fingerprint density at radius 1 is 1.36 bits per heavy atom. The van der Waals surface area contributed by atoms with Crippen molar-refractivity contribution in [1.29, 1.82) is 0 Å². The molecular weight excluding hydrogens is 294 g/mol. The molecule has 22 heavy (non-hydrogen) atoms. The molecule has 4 rings (SSSR count). The first kappa shape index (κ1) is 14.4. The molecular formula is C17H23N3OS. The standard InChI is InChI=1S/C17H23N3OS/c1-13-2-4-15(22-13)11-20-8-9-21-17-14(3-5-16(17)20)10-19-7-6-18-12-19/h2,4,6-7,12,14,16-17H,3,5,8-11H2,1H3/t14-,16+,17-/m1/s1. The number of hydrogen-bond donors (Lipinski definition) is 0. The average Bonchev–Trinajstić information content (AvgIpc) is 3.23. The quantitative estimate of drug-likeness (QED) is 0.868. The Balaban J connectivity index is 1.44. The van der Waals surface area contributed by atoms with Crippen LogP contribution in [0.4, 0.5) is 0 Å². The molecule has 0 amide bonds. The largest absolute Gasteiger partial charge is 0.375 e. The van der Waals surface area contributed by atoms with Gasteiger partial charge in [0.15, 0.2) is 0 Å². The minimum absolute atomic E-state index is 0.386. The second kappa shape index (κ2) is 6.14. The van der Waals surface area contributed by atoms with E-state index in [0.717, 1.165) is 26.2 Å². The molecule has 118 valence electrons. The zero-order valence-corrected chi connectivity index (χ0v) is 13.8. The maximum atomic E-state index is 6.16. The molecule has 0 unspecified atom stereocenters. The van der Waals surface area contributed by atoms with Gasteiger partial charge in [-0.2, -0.15) is 0 Å². The van der Waals surface area contributed by atoms with Crippen molar-refractivity contribution in [3.05, 3.63) is 40.6 Å². The Hall–Kier alpha value is -1.17. The molecule has 3 heterocycles. The van der Waals surface area contributed by atoms with Crippen molar-refractivity contribution in [2.24, 2.45) is 5.92 Å². The summed E-state index contributed by atoms with van der Waals surface area (Å²) in [5.41, 5.74) is 0. The number of rotatable bonds is 4. The molecule has 5 heteroatoms. The van der Waals surface area contributed by atoms with Crippen molar-refractivity contribution in [3.63, 3.8) is 0 Å². The van der Waals surface area contributed by atoms with Gasteiger partial charge in [0.1, 0.15) is 0 Å². The van der Waals surface area contributed by atoms with E-state index in [-0.39, 0.29) is 0 Å². The van der Waals surface area contributed by atoms with Gasteiger partial charge in [-0.3, -0.25) is 4.90 Å². The number of imidazole rings is 1. The van der Waals surface area contributed by atoms with Gasteiger partial charge in [0.05, 0.1) is 19.0 Å². The second-order valence-corrected chi connectivity index (χ2v) is 7.85. The topological polar surface area (TPSA) is 30.3 Å². The van der Waals surface area contributed by atoms with E-state index in [1.807, 2.05) is 23.9 Å². The highest BCUT2D eigenvalue weighted by atomic mass is 32.1. The Morgan fingerprint density at radius 2 is 2.32 bits per heavy atom. The summed E-state index contributed by atoms with van der Waals surface area (Å²) >= 11 is 1.93. The summed E-state index contributed by atoms with van der Waals surface area (Å²) in [6.07, 6.45) is 8.74. The van der Waals surface area contributed by atoms with E-state index in [9.17, 15) is 0 Å². The Kier molecular flexibility index (Phi) is 4.03. The number of nitrogens with zero attached hydrogens (tertiary/aromatic N) is 3. The lowest BCUT2D eigenvalue weighted by molar-refractivity contribution is -0.0783. The number of fused-ring (bicyclic) bond motifs is 1. The van der Waals surface area contributed by atoms with Gasteiger partial charge in [0, 0.05) is 53.7 Å². The van der Waals surface area contributed by atoms with E-state index in [2.05, 4.69) is 39.7 Å². The fourth-order valence-corrected chi connectivity index (χ4v) is 4.88. The van der Waals surface area contributed by atoms with Crippen LogP contribution in [0.2, 0.25) is 0 Å². The van der Waals surface area contributed by atoms with Gasteiger partial charge in [-0.15, -0.1) is 11.3 Å². The number of thiophene rings is 1. The Labute approximate surface area is 135 Å². The smallest absolute Gasteiger partial charge is 0.0946 e. The molecule has 2 fully saturated rings. The molecule has 2 aromatic rings. The second-order valence-electron chi connectivity index (χ2n) is 6.48. The van der Waals surface area contributed by atoms with Gasteiger partial charge in [-0.25, -0.2) is 4.98 Å². The van der Waals surface area contributed by atoms with Crippen LogP contribution in [0.25, 0.3) is 0 Å². The van der Waals surface area contributed by atoms with Crippen LogP contribution >= 0.6 is 11.3 Å². The van der Waals surface area contributed by atoms with Crippen LogP contribution < -0.4 is 0 Å². The minimum atomic E-state index is 0.386. The van der Waals surface area contributed by atoms with Gasteiger partial charge >= 0.3 is 0 Å². The van der Waals surface area contributed by atoms with Crippen LogP contribution in [-0.2, 0) is 17.8 Å². The number of morpholine rings is 1. The first-order valence-corrected chi connectivity index (χ1v) is 8.98. The van der Waals surface area contributed by atoms with E-state index in [1.54, 1.807) is 0 Å². The van der Waals surface area contributed by atoms with Crippen LogP contribution in [0.5, 0.6) is 0 Å². The number of aryl methyl sites for hydroxylation is 1. The highest BCUT2D eigenvalue weighted by Crippen LogP contribution is 2.36. The molecule has 3 atom stereocenters. The number of hydrogen-bond acceptors (Lipinski definition) is 4. The fourth-order valence-electron chi connectivity index (χ4n) is 3.96. The van der Waals surface area contributed by atoms with Gasteiger partial charge in [0.2, 0.25) is 0 Å². The molecule has 2 aromatic heterocycles. The van der Waals surface area contributed by atoms with Crippen molar-refractivity contribution in [1.82, 2.24) is 14.5 Å². The summed E-state index contributed by atoms with van der Waals surface area (Å²) in [4.78, 5) is 9.69. The third-order valence-corrected chi connectivity index (χ3v) is 5.98. The van der Waals surface area contributed by atoms with E-state index in [0.29, 0.717) is 18.1 Å². The molecule has 0 aromatic carbocycles. The van der Waals surface area contributed by atoms with Crippen LogP contribution in [-0.4, -0.2) is 39.7 Å². The monoisotopic (exact) mass is 317 g/mol. The molecule has 0 bridgehead atoms. The zero-order chi connectivity index (χ0) is 14.9. The molecule has 0 spiro atoms. The summed E-state index contributed by atoms with van der Waals surface area (Å²) in [5, 5.41) is 0. The summed E-state index contributed by atoms with van der Waals surface area (Å²) in [6, 6.07) is 5.10. The normalized spacial score (nSPS) is 28.9. The summed E-state index contributed by atoms with van der Waals surface area (Å²) < 4.78 is 8.36. The first-order chi connectivity index (χ1) is 10.8. The van der Waals surface area contributed by atoms with E-state index in [4.69, 9.17) is 4.74 Å². The lowest BCUT2D eigenvalue weighted by Gasteiger charge is -2.39.